The van der Waals surface area contributed by atoms with Gasteiger partial charge >= 0.3 is 35.5 Å². The molecule has 0 bridgehead atoms. The smallest absolute Gasteiger partial charge is 0.857 e. The van der Waals surface area contributed by atoms with E-state index >= 15 is 0 Å². The van der Waals surface area contributed by atoms with E-state index in [9.17, 15) is 9.90 Å². The number of carbonyl (C=O) groups is 1. The molecule has 0 N–H and O–H groups in total. The van der Waals surface area contributed by atoms with Gasteiger partial charge < -0.3 is 9.84 Å². The topological polar surface area (TPSA) is 80.1 Å². The Morgan fingerprint density at radius 3 is 2.58 bits per heavy atom. The minimum Gasteiger partial charge on any atom is -0.857 e. The summed E-state index contributed by atoms with van der Waals surface area (Å²) in [6.07, 6.45) is 0. The fraction of sp³-hybridized carbons (Fsp3) is 0.400. The largest absolute Gasteiger partial charge is 1.00 e. The molecule has 1 heterocycles. The van der Waals surface area contributed by atoms with E-state index in [0.29, 0.717) is 0 Å². The number of aryl methyl sites for hydroxylation is 1. The molecule has 0 atom stereocenters. The average molecular weight is 179 g/mol. The number of methoxy groups -OCH3 is 1. The molecule has 0 fully saturated rings. The maximum Gasteiger partial charge on any atom is 1.00 e. The number of hydrogen-bond donors (Lipinski definition) is 0. The van der Waals surface area contributed by atoms with E-state index in [0.717, 1.165) is 4.68 Å². The van der Waals surface area contributed by atoms with Gasteiger partial charge in [-0.15, -0.1) is 5.10 Å². The molecule has 0 unspecified atom stereocenters. The molecule has 0 aliphatic carbocycles. The van der Waals surface area contributed by atoms with Crippen LogP contribution in [0.5, 0.6) is 5.88 Å². The number of carbonyl (C=O) groups excluding carboxylic acids is 1. The van der Waals surface area contributed by atoms with Crippen LogP contribution < -0.4 is 34.7 Å². The zero-order valence-electron chi connectivity index (χ0n) is 7.07. The summed E-state index contributed by atoms with van der Waals surface area (Å²) >= 11 is 0. The van der Waals surface area contributed by atoms with Crippen molar-refractivity contribution in [2.45, 2.75) is 0 Å². The van der Waals surface area contributed by atoms with Gasteiger partial charge in [0.05, 0.1) is 7.11 Å². The predicted molar refractivity (Wildman–Crippen MR) is 31.8 cm³/mol. The molecule has 1 aromatic rings. The molecular weight excluding hydrogens is 173 g/mol. The normalized spacial score (nSPS) is 8.83. The second-order valence-electron chi connectivity index (χ2n) is 1.86. The van der Waals surface area contributed by atoms with Crippen LogP contribution in [0, 0.1) is 0 Å². The quantitative estimate of drug-likeness (QED) is 0.321. The van der Waals surface area contributed by atoms with E-state index in [4.69, 9.17) is 0 Å². The van der Waals surface area contributed by atoms with Crippen LogP contribution in [0.4, 0.5) is 0 Å². The molecule has 0 aromatic carbocycles. The van der Waals surface area contributed by atoms with Gasteiger partial charge in [-0.3, -0.25) is 4.68 Å². The summed E-state index contributed by atoms with van der Waals surface area (Å²) in [6, 6.07) is 0. The van der Waals surface area contributed by atoms with E-state index < -0.39 is 11.8 Å². The molecule has 0 saturated heterocycles. The van der Waals surface area contributed by atoms with E-state index in [2.05, 4.69) is 15.0 Å². The van der Waals surface area contributed by atoms with Gasteiger partial charge in [0, 0.05) is 12.9 Å². The van der Waals surface area contributed by atoms with Gasteiger partial charge in [-0.2, -0.15) is 0 Å². The van der Waals surface area contributed by atoms with Crippen LogP contribution in [-0.4, -0.2) is 28.1 Å². The van der Waals surface area contributed by atoms with Gasteiger partial charge in [-0.1, -0.05) is 5.21 Å². The summed E-state index contributed by atoms with van der Waals surface area (Å²) in [5.74, 6) is -1.31. The molecule has 0 amide bonds. The first-order valence-corrected chi connectivity index (χ1v) is 2.82. The Morgan fingerprint density at radius 1 is 1.67 bits per heavy atom. The summed E-state index contributed by atoms with van der Waals surface area (Å²) in [7, 11) is 2.58. The monoisotopic (exact) mass is 179 g/mol. The van der Waals surface area contributed by atoms with Gasteiger partial charge in [0.1, 0.15) is 0 Å². The van der Waals surface area contributed by atoms with Gasteiger partial charge in [0.25, 0.3) is 0 Å². The first-order chi connectivity index (χ1) is 5.16. The second-order valence-corrected chi connectivity index (χ2v) is 1.86. The third-order valence-electron chi connectivity index (χ3n) is 1.15. The third kappa shape index (κ3) is 1.96. The summed E-state index contributed by atoms with van der Waals surface area (Å²) in [6.45, 7) is 0. The van der Waals surface area contributed by atoms with E-state index in [1.165, 1.54) is 14.2 Å². The summed E-state index contributed by atoms with van der Waals surface area (Å²) in [5, 5.41) is 17.6. The van der Waals surface area contributed by atoms with Gasteiger partial charge in [0.2, 0.25) is 0 Å². The zero-order chi connectivity index (χ0) is 8.43. The van der Waals surface area contributed by atoms with Crippen LogP contribution in [0.2, 0.25) is 0 Å². The number of aromatic nitrogens is 3. The second kappa shape index (κ2) is 4.44. The van der Waals surface area contributed by atoms with Gasteiger partial charge in [-0.05, 0) is 0 Å². The minimum absolute atomic E-state index is 0. The molecule has 0 saturated carbocycles. The first-order valence-electron chi connectivity index (χ1n) is 2.82. The van der Waals surface area contributed by atoms with E-state index in [1.54, 1.807) is 0 Å². The third-order valence-corrected chi connectivity index (χ3v) is 1.15. The van der Waals surface area contributed by atoms with Crippen molar-refractivity contribution < 1.29 is 44.2 Å². The molecule has 0 aliphatic rings. The summed E-state index contributed by atoms with van der Waals surface area (Å²) < 4.78 is 5.24. The summed E-state index contributed by atoms with van der Waals surface area (Å²) in [4.78, 5) is 10.7. The number of nitrogens with zero attached hydrogens (tertiary/aromatic N) is 3. The number of ether oxygens (including phenoxy) is 1. The predicted octanol–water partition coefficient (Wildman–Crippen LogP) is -4.32. The molecule has 1 aromatic heterocycles. The number of rotatable bonds is 1. The number of esters is 1. The minimum atomic E-state index is -0.761. The molecule has 0 aliphatic heterocycles. The standard InChI is InChI=1S/C5H7N3O3.Na/c1-8-4(9)3(6-7-8)5(10)11-2;/h9H,1-2H3;/q;+1/p-1. The average Bonchev–Trinajstić information content (AvgIpc) is 2.32. The molecule has 12 heavy (non-hydrogen) atoms. The van der Waals surface area contributed by atoms with Crippen LogP contribution in [0.15, 0.2) is 0 Å². The maximum atomic E-state index is 10.9. The van der Waals surface area contributed by atoms with Crippen LogP contribution in [0.25, 0.3) is 0 Å². The van der Waals surface area contributed by atoms with Gasteiger partial charge in [-0.25, -0.2) is 4.79 Å². The van der Waals surface area contributed by atoms with Crippen molar-refractivity contribution in [2.75, 3.05) is 7.11 Å². The Bertz CT molecular complexity index is 285. The van der Waals surface area contributed by atoms with Crippen molar-refractivity contribution >= 4 is 5.97 Å². The Balaban J connectivity index is 0.00000121. The van der Waals surface area contributed by atoms with Crippen molar-refractivity contribution in [3.63, 3.8) is 0 Å². The van der Waals surface area contributed by atoms with Crippen molar-refractivity contribution in [1.82, 2.24) is 15.0 Å². The van der Waals surface area contributed by atoms with Crippen LogP contribution in [0.1, 0.15) is 10.5 Å². The Morgan fingerprint density at radius 2 is 2.25 bits per heavy atom. The molecule has 0 spiro atoms. The van der Waals surface area contributed by atoms with E-state index in [-0.39, 0.29) is 35.3 Å². The van der Waals surface area contributed by atoms with Crippen molar-refractivity contribution in [3.8, 4) is 5.88 Å². The van der Waals surface area contributed by atoms with E-state index in [1.807, 2.05) is 0 Å². The fourth-order valence-corrected chi connectivity index (χ4v) is 0.573. The zero-order valence-corrected chi connectivity index (χ0v) is 9.07. The Labute approximate surface area is 90.8 Å². The SMILES string of the molecule is COC(=O)c1nnn(C)c1[O-].[Na+]. The van der Waals surface area contributed by atoms with Crippen LogP contribution in [0.3, 0.4) is 0 Å². The van der Waals surface area contributed by atoms with Crippen LogP contribution in [-0.2, 0) is 11.8 Å². The number of hydrogen-bond acceptors (Lipinski definition) is 5. The van der Waals surface area contributed by atoms with Crippen molar-refractivity contribution in [2.24, 2.45) is 7.05 Å². The molecule has 0 radical (unpaired) electrons. The van der Waals surface area contributed by atoms with Crippen LogP contribution >= 0.6 is 0 Å². The Kier molecular flexibility index (Phi) is 4.22. The summed E-state index contributed by atoms with van der Waals surface area (Å²) in [5.41, 5.74) is -0.282. The molecule has 7 heteroatoms. The molecular formula is C5H6N3NaO3. The van der Waals surface area contributed by atoms with Crippen molar-refractivity contribution in [1.29, 1.82) is 0 Å². The molecule has 6 nitrogen and oxygen atoms in total. The van der Waals surface area contributed by atoms with Gasteiger partial charge in [0.15, 0.2) is 5.69 Å². The molecule has 1 rings (SSSR count). The first kappa shape index (κ1) is 11.4. The fourth-order valence-electron chi connectivity index (χ4n) is 0.573. The Hall–Kier alpha value is -0.590. The molecule has 60 valence electrons. The maximum absolute atomic E-state index is 10.9. The van der Waals surface area contributed by atoms with Crippen molar-refractivity contribution in [3.05, 3.63) is 5.69 Å².